The van der Waals surface area contributed by atoms with Gasteiger partial charge in [-0.3, -0.25) is 9.59 Å². The van der Waals surface area contributed by atoms with E-state index in [0.29, 0.717) is 27.4 Å². The van der Waals surface area contributed by atoms with Gasteiger partial charge in [0.2, 0.25) is 22.1 Å². The SMILES string of the molecule is O=c1cc(-[n+]2csc(-c3ccccc(=O)c3O)c2)ccc(-c2cscn2)c1O. The molecule has 28 heavy (non-hydrogen) atoms. The molecule has 0 bridgehead atoms. The molecule has 0 unspecified atom stereocenters. The Morgan fingerprint density at radius 3 is 2.50 bits per heavy atom. The highest BCUT2D eigenvalue weighted by Gasteiger charge is 2.17. The third-order valence-corrected chi connectivity index (χ3v) is 5.62. The first-order valence-electron chi connectivity index (χ1n) is 8.13. The second-order valence-electron chi connectivity index (χ2n) is 5.87. The molecule has 4 rings (SSSR count). The summed E-state index contributed by atoms with van der Waals surface area (Å²) in [5, 5.41) is 22.2. The summed E-state index contributed by atoms with van der Waals surface area (Å²) in [6, 6.07) is 10.9. The van der Waals surface area contributed by atoms with Crippen LogP contribution in [0.15, 0.2) is 74.7 Å². The van der Waals surface area contributed by atoms with Crippen LogP contribution in [0.5, 0.6) is 11.5 Å². The summed E-state index contributed by atoms with van der Waals surface area (Å²) in [6.45, 7) is 0. The van der Waals surface area contributed by atoms with Crippen molar-refractivity contribution in [2.75, 3.05) is 0 Å². The van der Waals surface area contributed by atoms with Crippen molar-refractivity contribution in [2.24, 2.45) is 0 Å². The van der Waals surface area contributed by atoms with Crippen LogP contribution in [0, 0.1) is 0 Å². The zero-order chi connectivity index (χ0) is 19.7. The van der Waals surface area contributed by atoms with Gasteiger partial charge in [0.05, 0.1) is 17.3 Å². The Balaban J connectivity index is 1.82. The molecule has 0 saturated heterocycles. The summed E-state index contributed by atoms with van der Waals surface area (Å²) in [5.74, 6) is -0.692. The van der Waals surface area contributed by atoms with Crippen molar-refractivity contribution in [3.8, 4) is 38.9 Å². The van der Waals surface area contributed by atoms with Gasteiger partial charge in [-0.15, -0.1) is 11.3 Å². The van der Waals surface area contributed by atoms with Crippen LogP contribution >= 0.6 is 22.7 Å². The predicted octanol–water partition coefficient (Wildman–Crippen LogP) is 2.95. The molecule has 4 aromatic rings. The van der Waals surface area contributed by atoms with Crippen LogP contribution in [0.4, 0.5) is 0 Å². The summed E-state index contributed by atoms with van der Waals surface area (Å²) in [5.41, 5.74) is 4.22. The Kier molecular flexibility index (Phi) is 4.72. The van der Waals surface area contributed by atoms with Gasteiger partial charge < -0.3 is 10.2 Å². The summed E-state index contributed by atoms with van der Waals surface area (Å²) in [7, 11) is 0. The molecule has 2 N–H and O–H groups in total. The van der Waals surface area contributed by atoms with Gasteiger partial charge in [-0.2, -0.15) is 4.57 Å². The van der Waals surface area contributed by atoms with E-state index in [2.05, 4.69) is 4.98 Å². The van der Waals surface area contributed by atoms with E-state index in [0.717, 1.165) is 0 Å². The normalized spacial score (nSPS) is 10.7. The fourth-order valence-corrected chi connectivity index (χ4v) is 4.13. The van der Waals surface area contributed by atoms with Crippen molar-refractivity contribution >= 4 is 22.7 Å². The first-order chi connectivity index (χ1) is 13.5. The Hall–Kier alpha value is -3.36. The topological polar surface area (TPSA) is 91.4 Å². The van der Waals surface area contributed by atoms with Crippen LogP contribution in [0.25, 0.3) is 27.4 Å². The quantitative estimate of drug-likeness (QED) is 0.508. The lowest BCUT2D eigenvalue weighted by Crippen LogP contribution is -2.26. The Morgan fingerprint density at radius 1 is 0.929 bits per heavy atom. The van der Waals surface area contributed by atoms with Crippen molar-refractivity contribution < 1.29 is 14.8 Å². The summed E-state index contributed by atoms with van der Waals surface area (Å²) >= 11 is 2.68. The predicted molar refractivity (Wildman–Crippen MR) is 108 cm³/mol. The highest BCUT2D eigenvalue weighted by Crippen LogP contribution is 2.29. The van der Waals surface area contributed by atoms with E-state index in [1.165, 1.54) is 34.8 Å². The van der Waals surface area contributed by atoms with E-state index in [4.69, 9.17) is 0 Å². The first-order valence-corrected chi connectivity index (χ1v) is 9.95. The van der Waals surface area contributed by atoms with E-state index in [1.807, 2.05) is 0 Å². The van der Waals surface area contributed by atoms with Gasteiger partial charge in [-0.25, -0.2) is 4.98 Å². The highest BCUT2D eigenvalue weighted by atomic mass is 32.1. The molecular formula is C20H13N2O4S2+. The van der Waals surface area contributed by atoms with Crippen LogP contribution < -0.4 is 15.4 Å². The second-order valence-corrected chi connectivity index (χ2v) is 7.48. The molecule has 0 atom stereocenters. The lowest BCUT2D eigenvalue weighted by atomic mass is 10.2. The Morgan fingerprint density at radius 2 is 1.71 bits per heavy atom. The van der Waals surface area contributed by atoms with Crippen molar-refractivity contribution in [2.45, 2.75) is 0 Å². The molecule has 6 nitrogen and oxygen atoms in total. The van der Waals surface area contributed by atoms with Gasteiger partial charge in [0.1, 0.15) is 4.88 Å². The van der Waals surface area contributed by atoms with Crippen LogP contribution in [0.2, 0.25) is 0 Å². The molecule has 0 spiro atoms. The zero-order valence-corrected chi connectivity index (χ0v) is 15.9. The van der Waals surface area contributed by atoms with Gasteiger partial charge in [-0.1, -0.05) is 23.5 Å². The zero-order valence-electron chi connectivity index (χ0n) is 14.3. The lowest BCUT2D eigenvalue weighted by Gasteiger charge is -1.93. The monoisotopic (exact) mass is 409 g/mol. The molecule has 0 aliphatic rings. The van der Waals surface area contributed by atoms with Gasteiger partial charge >= 0.3 is 0 Å². The largest absolute Gasteiger partial charge is 0.504 e. The van der Waals surface area contributed by atoms with E-state index < -0.39 is 10.9 Å². The number of aromatic hydroxyl groups is 2. The maximum absolute atomic E-state index is 12.4. The average molecular weight is 409 g/mol. The Bertz CT molecular complexity index is 1280. The van der Waals surface area contributed by atoms with Crippen LogP contribution in [0.3, 0.4) is 0 Å². The van der Waals surface area contributed by atoms with E-state index in [1.54, 1.807) is 57.5 Å². The molecule has 2 aromatic carbocycles. The van der Waals surface area contributed by atoms with E-state index in [-0.39, 0.29) is 11.5 Å². The van der Waals surface area contributed by atoms with Crippen LogP contribution in [0.1, 0.15) is 0 Å². The molecule has 8 heteroatoms. The molecular weight excluding hydrogens is 396 g/mol. The van der Waals surface area contributed by atoms with Gasteiger partial charge in [0.25, 0.3) is 0 Å². The first kappa shape index (κ1) is 18.0. The van der Waals surface area contributed by atoms with Crippen LogP contribution in [-0.4, -0.2) is 15.2 Å². The summed E-state index contributed by atoms with van der Waals surface area (Å²) in [6.07, 6.45) is 1.72. The highest BCUT2D eigenvalue weighted by molar-refractivity contribution is 7.13. The maximum Gasteiger partial charge on any atom is 0.231 e. The smallest absolute Gasteiger partial charge is 0.231 e. The fraction of sp³-hybridized carbons (Fsp3) is 0. The number of hydrogen-bond acceptors (Lipinski definition) is 7. The van der Waals surface area contributed by atoms with Crippen LogP contribution in [-0.2, 0) is 0 Å². The summed E-state index contributed by atoms with van der Waals surface area (Å²) < 4.78 is 1.70. The second kappa shape index (κ2) is 7.34. The minimum atomic E-state index is -0.529. The molecule has 0 amide bonds. The number of aromatic nitrogens is 2. The lowest BCUT2D eigenvalue weighted by molar-refractivity contribution is -0.589. The molecule has 2 aromatic heterocycles. The number of rotatable bonds is 3. The van der Waals surface area contributed by atoms with E-state index in [9.17, 15) is 19.8 Å². The molecule has 0 aliphatic heterocycles. The standard InChI is InChI=1S/C20H12N2O4S2/c23-16-4-2-1-3-14(20(16)26)18-8-22(11-28-18)12-5-6-13(15-9-27-10-21-15)19(25)17(24)7-12/h1-11H,(H-,23,24,25,26)/p+1. The molecule has 0 aliphatic carbocycles. The Labute approximate surface area is 166 Å². The number of hydrogen-bond donors (Lipinski definition) is 2. The van der Waals surface area contributed by atoms with Gasteiger partial charge in [0.15, 0.2) is 17.7 Å². The molecule has 138 valence electrons. The van der Waals surface area contributed by atoms with Crippen molar-refractivity contribution in [1.82, 2.24) is 4.98 Å². The van der Waals surface area contributed by atoms with Crippen molar-refractivity contribution in [1.29, 1.82) is 0 Å². The number of nitrogens with zero attached hydrogens (tertiary/aromatic N) is 2. The van der Waals surface area contributed by atoms with Gasteiger partial charge in [0, 0.05) is 22.6 Å². The fourth-order valence-electron chi connectivity index (χ4n) is 2.70. The number of thiazole rings is 2. The van der Waals surface area contributed by atoms with Gasteiger partial charge in [-0.05, 0) is 18.2 Å². The minimum absolute atomic E-state index is 0.328. The van der Waals surface area contributed by atoms with Crippen molar-refractivity contribution in [3.63, 3.8) is 0 Å². The average Bonchev–Trinajstić information content (AvgIpc) is 3.33. The third-order valence-electron chi connectivity index (χ3n) is 4.12. The minimum Gasteiger partial charge on any atom is -0.504 e. The molecule has 2 heterocycles. The summed E-state index contributed by atoms with van der Waals surface area (Å²) in [4.78, 5) is 29.0. The molecule has 0 saturated carbocycles. The molecule has 0 fully saturated rings. The maximum atomic E-state index is 12.4. The van der Waals surface area contributed by atoms with Crippen molar-refractivity contribution in [3.05, 3.63) is 85.5 Å². The van der Waals surface area contributed by atoms with E-state index >= 15 is 0 Å². The molecule has 0 radical (unpaired) electrons. The third kappa shape index (κ3) is 3.30.